The molecule has 2 aromatic rings. The summed E-state index contributed by atoms with van der Waals surface area (Å²) in [5.74, 6) is 1.67. The van der Waals surface area contributed by atoms with Crippen LogP contribution >= 0.6 is 11.8 Å². The Balaban J connectivity index is 1.72. The first-order valence-electron chi connectivity index (χ1n) is 8.30. The zero-order valence-corrected chi connectivity index (χ0v) is 14.6. The van der Waals surface area contributed by atoms with Crippen LogP contribution in [0.15, 0.2) is 24.3 Å². The first kappa shape index (κ1) is 17.3. The zero-order chi connectivity index (χ0) is 16.9. The van der Waals surface area contributed by atoms with Gasteiger partial charge in [0.1, 0.15) is 11.9 Å². The minimum Gasteiger partial charge on any atom is -0.364 e. The van der Waals surface area contributed by atoms with Crippen molar-refractivity contribution in [3.05, 3.63) is 30.1 Å². The SMILES string of the molecule is CSCCC(NC(=O)[C@@H]1CC[C@H](CN)O1)c1nc2ccccc2[nH]1. The fraction of sp³-hybridized carbons (Fsp3) is 0.529. The van der Waals surface area contributed by atoms with Crippen LogP contribution in [-0.2, 0) is 9.53 Å². The van der Waals surface area contributed by atoms with E-state index in [0.29, 0.717) is 6.54 Å². The van der Waals surface area contributed by atoms with Gasteiger partial charge in [-0.05, 0) is 43.4 Å². The lowest BCUT2D eigenvalue weighted by molar-refractivity contribution is -0.132. The summed E-state index contributed by atoms with van der Waals surface area (Å²) < 4.78 is 5.70. The number of thioether (sulfide) groups is 1. The number of para-hydroxylation sites is 2. The van der Waals surface area contributed by atoms with Gasteiger partial charge in [-0.15, -0.1) is 0 Å². The van der Waals surface area contributed by atoms with Crippen molar-refractivity contribution in [1.82, 2.24) is 15.3 Å². The van der Waals surface area contributed by atoms with E-state index in [4.69, 9.17) is 10.5 Å². The van der Waals surface area contributed by atoms with Gasteiger partial charge in [0, 0.05) is 6.54 Å². The molecule has 7 heteroatoms. The third-order valence-electron chi connectivity index (χ3n) is 4.33. The van der Waals surface area contributed by atoms with Crippen molar-refractivity contribution < 1.29 is 9.53 Å². The third kappa shape index (κ3) is 3.91. The number of carbonyl (C=O) groups is 1. The van der Waals surface area contributed by atoms with Gasteiger partial charge in [-0.3, -0.25) is 4.79 Å². The minimum atomic E-state index is -0.403. The molecule has 0 spiro atoms. The van der Waals surface area contributed by atoms with Crippen LogP contribution in [0.3, 0.4) is 0 Å². The molecule has 1 aromatic carbocycles. The third-order valence-corrected chi connectivity index (χ3v) is 4.97. The number of rotatable bonds is 7. The molecule has 1 aliphatic rings. The Morgan fingerprint density at radius 1 is 1.50 bits per heavy atom. The Morgan fingerprint density at radius 3 is 3.04 bits per heavy atom. The Bertz CT molecular complexity index is 657. The number of nitrogens with one attached hydrogen (secondary N) is 2. The lowest BCUT2D eigenvalue weighted by Gasteiger charge is -2.19. The van der Waals surface area contributed by atoms with E-state index in [9.17, 15) is 4.79 Å². The summed E-state index contributed by atoms with van der Waals surface area (Å²) in [6, 6.07) is 7.75. The molecule has 2 heterocycles. The average molecular weight is 348 g/mol. The van der Waals surface area contributed by atoms with Gasteiger partial charge < -0.3 is 20.8 Å². The molecule has 3 rings (SSSR count). The van der Waals surface area contributed by atoms with Gasteiger partial charge in [0.15, 0.2) is 0 Å². The van der Waals surface area contributed by atoms with Crippen LogP contribution in [0.5, 0.6) is 0 Å². The number of imidazole rings is 1. The first-order chi connectivity index (χ1) is 11.7. The summed E-state index contributed by atoms with van der Waals surface area (Å²) in [5, 5.41) is 3.10. The number of hydrogen-bond donors (Lipinski definition) is 3. The molecule has 4 N–H and O–H groups in total. The Kier molecular flexibility index (Phi) is 5.76. The molecular weight excluding hydrogens is 324 g/mol. The van der Waals surface area contributed by atoms with Crippen molar-refractivity contribution in [2.75, 3.05) is 18.6 Å². The van der Waals surface area contributed by atoms with Crippen molar-refractivity contribution in [3.63, 3.8) is 0 Å². The second-order valence-electron chi connectivity index (χ2n) is 6.04. The highest BCUT2D eigenvalue weighted by Crippen LogP contribution is 2.23. The second-order valence-corrected chi connectivity index (χ2v) is 7.03. The number of carbonyl (C=O) groups excluding carboxylic acids is 1. The summed E-state index contributed by atoms with van der Waals surface area (Å²) in [6.45, 7) is 0.462. The number of benzene rings is 1. The van der Waals surface area contributed by atoms with E-state index in [1.54, 1.807) is 11.8 Å². The van der Waals surface area contributed by atoms with Crippen molar-refractivity contribution in [1.29, 1.82) is 0 Å². The molecule has 0 radical (unpaired) electrons. The molecule has 130 valence electrons. The number of aromatic nitrogens is 2. The quantitative estimate of drug-likeness (QED) is 0.711. The summed E-state index contributed by atoms with van der Waals surface area (Å²) in [7, 11) is 0. The average Bonchev–Trinajstić information content (AvgIpc) is 3.24. The van der Waals surface area contributed by atoms with Gasteiger partial charge in [-0.1, -0.05) is 12.1 Å². The summed E-state index contributed by atoms with van der Waals surface area (Å²) >= 11 is 1.75. The fourth-order valence-corrected chi connectivity index (χ4v) is 3.46. The van der Waals surface area contributed by atoms with E-state index < -0.39 is 6.10 Å². The van der Waals surface area contributed by atoms with E-state index in [-0.39, 0.29) is 18.1 Å². The molecule has 1 aliphatic heterocycles. The molecule has 0 bridgehead atoms. The Morgan fingerprint density at radius 2 is 2.33 bits per heavy atom. The summed E-state index contributed by atoms with van der Waals surface area (Å²) in [4.78, 5) is 20.5. The number of fused-ring (bicyclic) bond motifs is 1. The second kappa shape index (κ2) is 8.00. The maximum Gasteiger partial charge on any atom is 0.249 e. The summed E-state index contributed by atoms with van der Waals surface area (Å²) in [5.41, 5.74) is 7.52. The highest BCUT2D eigenvalue weighted by molar-refractivity contribution is 7.98. The molecule has 1 saturated heterocycles. The predicted molar refractivity (Wildman–Crippen MR) is 96.9 cm³/mol. The van der Waals surface area contributed by atoms with Crippen molar-refractivity contribution >= 4 is 28.7 Å². The van der Waals surface area contributed by atoms with E-state index in [2.05, 4.69) is 21.5 Å². The van der Waals surface area contributed by atoms with Crippen LogP contribution < -0.4 is 11.1 Å². The molecule has 0 aliphatic carbocycles. The van der Waals surface area contributed by atoms with Gasteiger partial charge in [0.2, 0.25) is 5.91 Å². The van der Waals surface area contributed by atoms with E-state index >= 15 is 0 Å². The summed E-state index contributed by atoms with van der Waals surface area (Å²) in [6.07, 6.45) is 4.04. The van der Waals surface area contributed by atoms with Gasteiger partial charge in [-0.25, -0.2) is 4.98 Å². The normalized spacial score (nSPS) is 21.9. The smallest absolute Gasteiger partial charge is 0.249 e. The number of H-pyrrole nitrogens is 1. The number of aromatic amines is 1. The van der Waals surface area contributed by atoms with Crippen LogP contribution in [0, 0.1) is 0 Å². The molecule has 0 saturated carbocycles. The van der Waals surface area contributed by atoms with Crippen LogP contribution in [0.25, 0.3) is 11.0 Å². The first-order valence-corrected chi connectivity index (χ1v) is 9.70. The monoisotopic (exact) mass is 348 g/mol. The highest BCUT2D eigenvalue weighted by atomic mass is 32.2. The van der Waals surface area contributed by atoms with E-state index in [1.807, 2.05) is 24.3 Å². The van der Waals surface area contributed by atoms with Crippen molar-refractivity contribution in [3.8, 4) is 0 Å². The Hall–Kier alpha value is -1.57. The molecule has 1 amide bonds. The topological polar surface area (TPSA) is 93.0 Å². The van der Waals surface area contributed by atoms with Gasteiger partial charge in [0.05, 0.1) is 23.2 Å². The number of ether oxygens (including phenoxy) is 1. The number of nitrogens with two attached hydrogens (primary N) is 1. The molecule has 1 unspecified atom stereocenters. The maximum absolute atomic E-state index is 12.5. The predicted octanol–water partition coefficient (Wildman–Crippen LogP) is 1.98. The molecule has 1 aromatic heterocycles. The van der Waals surface area contributed by atoms with E-state index in [0.717, 1.165) is 41.9 Å². The molecule has 24 heavy (non-hydrogen) atoms. The van der Waals surface area contributed by atoms with Crippen LogP contribution in [-0.4, -0.2) is 46.6 Å². The van der Waals surface area contributed by atoms with E-state index in [1.165, 1.54) is 0 Å². The van der Waals surface area contributed by atoms with Crippen LogP contribution in [0.1, 0.15) is 31.1 Å². The zero-order valence-electron chi connectivity index (χ0n) is 13.8. The lowest BCUT2D eigenvalue weighted by Crippen LogP contribution is -2.38. The standard InChI is InChI=1S/C17H24N4O2S/c1-24-9-8-14(16-19-12-4-2-3-5-13(12)20-16)21-17(22)15-7-6-11(10-18)23-15/h2-5,11,14-15H,6-10,18H2,1H3,(H,19,20)(H,21,22)/t11-,14?,15+/m1/s1. The Labute approximate surface area is 145 Å². The van der Waals surface area contributed by atoms with Crippen molar-refractivity contribution in [2.45, 2.75) is 37.5 Å². The molecule has 1 fully saturated rings. The van der Waals surface area contributed by atoms with Crippen molar-refractivity contribution in [2.24, 2.45) is 5.73 Å². The van der Waals surface area contributed by atoms with Crippen LogP contribution in [0.2, 0.25) is 0 Å². The number of hydrogen-bond acceptors (Lipinski definition) is 5. The minimum absolute atomic E-state index is 0.00315. The van der Waals surface area contributed by atoms with Gasteiger partial charge in [0.25, 0.3) is 0 Å². The number of amides is 1. The van der Waals surface area contributed by atoms with Gasteiger partial charge >= 0.3 is 0 Å². The maximum atomic E-state index is 12.5. The van der Waals surface area contributed by atoms with Crippen LogP contribution in [0.4, 0.5) is 0 Å². The number of nitrogens with zero attached hydrogens (tertiary/aromatic N) is 1. The fourth-order valence-electron chi connectivity index (χ4n) is 2.99. The highest BCUT2D eigenvalue weighted by Gasteiger charge is 2.31. The molecular formula is C17H24N4O2S. The van der Waals surface area contributed by atoms with Gasteiger partial charge in [-0.2, -0.15) is 11.8 Å². The largest absolute Gasteiger partial charge is 0.364 e. The lowest BCUT2D eigenvalue weighted by atomic mass is 10.1. The molecule has 6 nitrogen and oxygen atoms in total. The molecule has 3 atom stereocenters.